The first kappa shape index (κ1) is 29.8. The van der Waals surface area contributed by atoms with Crippen LogP contribution in [0.5, 0.6) is 5.75 Å². The smallest absolute Gasteiger partial charge is 0.229 e. The van der Waals surface area contributed by atoms with Crippen molar-refractivity contribution >= 4 is 60.6 Å². The summed E-state index contributed by atoms with van der Waals surface area (Å²) in [5.41, 5.74) is 2.16. The zero-order valence-corrected chi connectivity index (χ0v) is 26.5. The van der Waals surface area contributed by atoms with Crippen LogP contribution >= 0.6 is 15.9 Å². The number of pyridine rings is 1. The predicted molar refractivity (Wildman–Crippen MR) is 169 cm³/mol. The number of fused-ring (bicyclic) bond motifs is 1. The molecule has 2 fully saturated rings. The largest absolute Gasteiger partial charge is 0.493 e. The molecular formula is C28H35BrFN9O3S. The minimum Gasteiger partial charge on any atom is -0.493 e. The van der Waals surface area contributed by atoms with E-state index in [2.05, 4.69) is 63.1 Å². The molecule has 43 heavy (non-hydrogen) atoms. The van der Waals surface area contributed by atoms with Crippen molar-refractivity contribution in [2.45, 2.75) is 25.3 Å². The normalized spacial score (nSPS) is 18.3. The number of anilines is 6. The molecule has 0 unspecified atom stereocenters. The minimum atomic E-state index is -3.53. The van der Waals surface area contributed by atoms with E-state index in [1.807, 2.05) is 4.90 Å². The van der Waals surface area contributed by atoms with Crippen molar-refractivity contribution in [2.75, 3.05) is 79.4 Å². The van der Waals surface area contributed by atoms with Crippen LogP contribution in [0.1, 0.15) is 18.4 Å². The number of nitrogens with one attached hydrogen (secondary N) is 3. The maximum absolute atomic E-state index is 15.3. The lowest BCUT2D eigenvalue weighted by Gasteiger charge is -2.42. The van der Waals surface area contributed by atoms with Crippen molar-refractivity contribution in [2.24, 2.45) is 0 Å². The first-order valence-corrected chi connectivity index (χ1v) is 17.0. The summed E-state index contributed by atoms with van der Waals surface area (Å²) in [7, 11) is -1.37. The summed E-state index contributed by atoms with van der Waals surface area (Å²) in [5.74, 6) is 1.21. The van der Waals surface area contributed by atoms with Gasteiger partial charge in [0.15, 0.2) is 11.6 Å². The van der Waals surface area contributed by atoms with Crippen molar-refractivity contribution in [1.29, 1.82) is 0 Å². The Kier molecular flexibility index (Phi) is 8.58. The third-order valence-electron chi connectivity index (χ3n) is 8.02. The highest BCUT2D eigenvalue weighted by Gasteiger charge is 2.28. The van der Waals surface area contributed by atoms with Crippen molar-refractivity contribution in [1.82, 2.24) is 24.8 Å². The van der Waals surface area contributed by atoms with Crippen LogP contribution in [0.15, 0.2) is 35.1 Å². The average molecular weight is 677 g/mol. The third kappa shape index (κ3) is 7.11. The van der Waals surface area contributed by atoms with E-state index in [-0.39, 0.29) is 5.95 Å². The molecule has 0 radical (unpaired) electrons. The van der Waals surface area contributed by atoms with Crippen LogP contribution in [0.4, 0.5) is 39.0 Å². The molecule has 2 saturated heterocycles. The molecule has 3 N–H and O–H groups in total. The topological polar surface area (TPSA) is 128 Å². The van der Waals surface area contributed by atoms with Crippen molar-refractivity contribution in [3.63, 3.8) is 0 Å². The maximum atomic E-state index is 15.3. The van der Waals surface area contributed by atoms with Gasteiger partial charge in [-0.3, -0.25) is 9.62 Å². The number of halogens is 2. The van der Waals surface area contributed by atoms with Crippen LogP contribution in [0.2, 0.25) is 0 Å². The third-order valence-corrected chi connectivity index (χ3v) is 9.19. The molecule has 12 nitrogen and oxygen atoms in total. The SMILES string of the molecule is CN1CCN(C2CCN(c3ncc(Nc4ncc(Br)c(Nc5cc6c(cc5NS(C)(=O)=O)CCO6)n4)cc3F)CC2)CC1. The van der Waals surface area contributed by atoms with Gasteiger partial charge in [0.25, 0.3) is 0 Å². The Hall–Kier alpha value is -3.27. The van der Waals surface area contributed by atoms with E-state index in [1.54, 1.807) is 24.5 Å². The quantitative estimate of drug-likeness (QED) is 0.323. The number of benzene rings is 1. The van der Waals surface area contributed by atoms with Crippen LogP contribution in [-0.4, -0.2) is 98.4 Å². The van der Waals surface area contributed by atoms with E-state index in [1.165, 1.54) is 6.07 Å². The molecule has 3 aromatic rings. The Morgan fingerprint density at radius 2 is 1.77 bits per heavy atom. The fraction of sp³-hybridized carbons (Fsp3) is 0.464. The lowest BCUT2D eigenvalue weighted by molar-refractivity contribution is 0.0980. The van der Waals surface area contributed by atoms with Gasteiger partial charge >= 0.3 is 0 Å². The number of aromatic nitrogens is 3. The lowest BCUT2D eigenvalue weighted by Crippen LogP contribution is -2.52. The molecule has 0 amide bonds. The molecule has 0 spiro atoms. The number of rotatable bonds is 8. The summed E-state index contributed by atoms with van der Waals surface area (Å²) in [6.45, 7) is 6.42. The van der Waals surface area contributed by atoms with Gasteiger partial charge in [-0.1, -0.05) is 0 Å². The molecule has 2 aromatic heterocycles. The zero-order chi connectivity index (χ0) is 30.1. The number of sulfonamides is 1. The van der Waals surface area contributed by atoms with Crippen LogP contribution < -0.4 is 25.0 Å². The highest BCUT2D eigenvalue weighted by atomic mass is 79.9. The van der Waals surface area contributed by atoms with Gasteiger partial charge in [0.05, 0.1) is 40.6 Å². The Morgan fingerprint density at radius 3 is 2.49 bits per heavy atom. The maximum Gasteiger partial charge on any atom is 0.229 e. The van der Waals surface area contributed by atoms with Gasteiger partial charge in [-0.2, -0.15) is 4.98 Å². The van der Waals surface area contributed by atoms with E-state index in [4.69, 9.17) is 4.74 Å². The van der Waals surface area contributed by atoms with Gasteiger partial charge in [-0.15, -0.1) is 0 Å². The van der Waals surface area contributed by atoms with Crippen LogP contribution in [0, 0.1) is 5.82 Å². The summed E-state index contributed by atoms with van der Waals surface area (Å²) in [6, 6.07) is 5.43. The van der Waals surface area contributed by atoms with Crippen LogP contribution in [-0.2, 0) is 16.4 Å². The molecule has 230 valence electrons. The summed E-state index contributed by atoms with van der Waals surface area (Å²) in [4.78, 5) is 20.2. The second kappa shape index (κ2) is 12.4. The number of ether oxygens (including phenoxy) is 1. The Balaban J connectivity index is 1.13. The summed E-state index contributed by atoms with van der Waals surface area (Å²) < 4.78 is 48.1. The summed E-state index contributed by atoms with van der Waals surface area (Å²) in [5, 5.41) is 6.19. The lowest BCUT2D eigenvalue weighted by atomic mass is 10.0. The standard InChI is InChI=1S/C28H35BrFN9O3S/c1-37-8-10-38(11-9-37)20-3-6-39(7-4-20)27-22(30)14-19(16-31-27)33-28-32-17-21(29)26(35-28)34-23-15-25-18(5-12-42-25)13-24(23)36-43(2,40)41/h13-17,20,36H,3-12H2,1-2H3,(H2,32,33,34,35). The van der Waals surface area contributed by atoms with Gasteiger partial charge < -0.3 is 25.2 Å². The molecule has 0 atom stereocenters. The fourth-order valence-corrected chi connectivity index (χ4v) is 6.60. The molecule has 0 bridgehead atoms. The van der Waals surface area contributed by atoms with Gasteiger partial charge in [-0.05, 0) is 47.4 Å². The number of hydrogen-bond donors (Lipinski definition) is 3. The monoisotopic (exact) mass is 675 g/mol. The average Bonchev–Trinajstić information content (AvgIpc) is 3.42. The molecule has 3 aliphatic rings. The van der Waals surface area contributed by atoms with Crippen molar-refractivity contribution < 1.29 is 17.5 Å². The first-order valence-electron chi connectivity index (χ1n) is 14.3. The van der Waals surface area contributed by atoms with E-state index >= 15 is 4.39 Å². The molecule has 3 aliphatic heterocycles. The molecule has 6 rings (SSSR count). The molecule has 15 heteroatoms. The highest BCUT2D eigenvalue weighted by molar-refractivity contribution is 9.10. The second-order valence-corrected chi connectivity index (χ2v) is 13.8. The molecule has 1 aromatic carbocycles. The van der Waals surface area contributed by atoms with E-state index in [9.17, 15) is 8.42 Å². The van der Waals surface area contributed by atoms with E-state index in [0.717, 1.165) is 63.9 Å². The Morgan fingerprint density at radius 1 is 1.00 bits per heavy atom. The summed E-state index contributed by atoms with van der Waals surface area (Å²) >= 11 is 3.45. The van der Waals surface area contributed by atoms with Crippen molar-refractivity contribution in [3.8, 4) is 5.75 Å². The van der Waals surface area contributed by atoms with Crippen LogP contribution in [0.25, 0.3) is 0 Å². The second-order valence-electron chi connectivity index (χ2n) is 11.2. The predicted octanol–water partition coefficient (Wildman–Crippen LogP) is 3.78. The number of hydrogen-bond acceptors (Lipinski definition) is 11. The van der Waals surface area contributed by atoms with Crippen LogP contribution in [0.3, 0.4) is 0 Å². The molecule has 0 aliphatic carbocycles. The number of piperazine rings is 1. The van der Waals surface area contributed by atoms with Crippen molar-refractivity contribution in [3.05, 3.63) is 46.4 Å². The van der Waals surface area contributed by atoms with Gasteiger partial charge in [-0.25, -0.2) is 22.8 Å². The molecular weight excluding hydrogens is 641 g/mol. The minimum absolute atomic E-state index is 0.211. The molecule has 5 heterocycles. The van der Waals surface area contributed by atoms with E-state index < -0.39 is 15.8 Å². The Bertz CT molecular complexity index is 1600. The van der Waals surface area contributed by atoms with Gasteiger partial charge in [0.2, 0.25) is 16.0 Å². The number of piperidine rings is 1. The fourth-order valence-electron chi connectivity index (χ4n) is 5.75. The van der Waals surface area contributed by atoms with Gasteiger partial charge in [0.1, 0.15) is 11.6 Å². The number of likely N-dealkylation sites (N-methyl/N-ethyl adjacent to an activating group) is 1. The highest BCUT2D eigenvalue weighted by Crippen LogP contribution is 2.38. The first-order chi connectivity index (χ1) is 20.6. The number of nitrogens with zero attached hydrogens (tertiary/aromatic N) is 6. The van der Waals surface area contributed by atoms with E-state index in [0.29, 0.717) is 58.0 Å². The summed E-state index contributed by atoms with van der Waals surface area (Å²) in [6.07, 6.45) is 6.90. The molecule has 0 saturated carbocycles. The Labute approximate surface area is 259 Å². The van der Waals surface area contributed by atoms with Gasteiger partial charge in [0, 0.05) is 70.1 Å². The zero-order valence-electron chi connectivity index (χ0n) is 24.1.